The second-order valence-corrected chi connectivity index (χ2v) is 5.76. The molecule has 1 aliphatic carbocycles. The highest BCUT2D eigenvalue weighted by Gasteiger charge is 2.38. The van der Waals surface area contributed by atoms with Crippen LogP contribution in [0.1, 0.15) is 18.4 Å². The summed E-state index contributed by atoms with van der Waals surface area (Å²) in [7, 11) is 3.78. The van der Waals surface area contributed by atoms with Crippen LogP contribution in [-0.4, -0.2) is 28.6 Å². The van der Waals surface area contributed by atoms with Gasteiger partial charge >= 0.3 is 5.76 Å². The smallest absolute Gasteiger partial charge is 0.408 e. The minimum Gasteiger partial charge on any atom is -0.408 e. The summed E-state index contributed by atoms with van der Waals surface area (Å²) in [6.45, 7) is 1.72. The number of likely N-dealkylation sites (N-methyl/N-ethyl adjacent to an activating group) is 1. The molecule has 2 aromatic rings. The maximum Gasteiger partial charge on any atom is 0.419 e. The van der Waals surface area contributed by atoms with E-state index in [1.54, 1.807) is 7.05 Å². The molecule has 1 fully saturated rings. The molecule has 19 heavy (non-hydrogen) atoms. The zero-order valence-corrected chi connectivity index (χ0v) is 11.3. The van der Waals surface area contributed by atoms with Crippen LogP contribution in [0.2, 0.25) is 0 Å². The Morgan fingerprint density at radius 3 is 2.89 bits per heavy atom. The average molecular weight is 261 g/mol. The van der Waals surface area contributed by atoms with Gasteiger partial charge in [0.1, 0.15) is 0 Å². The van der Waals surface area contributed by atoms with Gasteiger partial charge in [-0.1, -0.05) is 6.07 Å². The molecule has 5 heteroatoms. The third-order valence-electron chi connectivity index (χ3n) is 3.79. The summed E-state index contributed by atoms with van der Waals surface area (Å²) < 4.78 is 6.71. The van der Waals surface area contributed by atoms with Crippen molar-refractivity contribution in [3.8, 4) is 0 Å². The van der Waals surface area contributed by atoms with Crippen LogP contribution >= 0.6 is 0 Å². The van der Waals surface area contributed by atoms with E-state index < -0.39 is 0 Å². The summed E-state index contributed by atoms with van der Waals surface area (Å²) in [4.78, 5) is 13.7. The number of benzene rings is 1. The molecule has 0 spiro atoms. The van der Waals surface area contributed by atoms with Crippen molar-refractivity contribution in [2.24, 2.45) is 12.8 Å². The van der Waals surface area contributed by atoms with E-state index in [0.29, 0.717) is 5.58 Å². The van der Waals surface area contributed by atoms with Crippen molar-refractivity contribution in [3.63, 3.8) is 0 Å². The Balaban J connectivity index is 1.79. The quantitative estimate of drug-likeness (QED) is 0.893. The molecular weight excluding hydrogens is 242 g/mol. The number of hydrogen-bond acceptors (Lipinski definition) is 4. The van der Waals surface area contributed by atoms with Crippen molar-refractivity contribution in [2.75, 3.05) is 13.6 Å². The van der Waals surface area contributed by atoms with Crippen molar-refractivity contribution in [2.45, 2.75) is 24.9 Å². The third-order valence-corrected chi connectivity index (χ3v) is 3.79. The van der Waals surface area contributed by atoms with Gasteiger partial charge in [0.05, 0.1) is 5.52 Å². The molecule has 0 radical (unpaired) electrons. The highest BCUT2D eigenvalue weighted by molar-refractivity contribution is 5.73. The highest BCUT2D eigenvalue weighted by Crippen LogP contribution is 2.32. The normalized spacial score (nSPS) is 17.3. The van der Waals surface area contributed by atoms with Gasteiger partial charge in [-0.2, -0.15) is 0 Å². The lowest BCUT2D eigenvalue weighted by Crippen LogP contribution is -2.36. The lowest BCUT2D eigenvalue weighted by Gasteiger charge is -2.20. The van der Waals surface area contributed by atoms with Crippen molar-refractivity contribution in [1.29, 1.82) is 0 Å². The molecule has 0 bridgehead atoms. The third kappa shape index (κ3) is 2.43. The number of nitrogens with two attached hydrogens (primary N) is 1. The largest absolute Gasteiger partial charge is 0.419 e. The zero-order chi connectivity index (χ0) is 13.6. The Labute approximate surface area is 111 Å². The zero-order valence-electron chi connectivity index (χ0n) is 11.3. The standard InChI is InChI=1S/C14H19N3O2/c1-16(9-14(15)5-6-14)8-10-3-4-11-12(7-10)19-13(18)17(11)2/h3-4,7H,5-6,8-9,15H2,1-2H3. The van der Waals surface area contributed by atoms with Crippen LogP contribution < -0.4 is 11.5 Å². The predicted octanol–water partition coefficient (Wildman–Crippen LogP) is 1.05. The molecule has 1 saturated carbocycles. The molecule has 102 valence electrons. The molecule has 0 aliphatic heterocycles. The fourth-order valence-electron chi connectivity index (χ4n) is 2.50. The molecule has 1 aliphatic rings. The maximum atomic E-state index is 11.4. The Hall–Kier alpha value is -1.59. The number of fused-ring (bicyclic) bond motifs is 1. The minimum absolute atomic E-state index is 0.0260. The van der Waals surface area contributed by atoms with Gasteiger partial charge in [0.25, 0.3) is 0 Å². The van der Waals surface area contributed by atoms with Gasteiger partial charge in [0, 0.05) is 25.7 Å². The first-order valence-corrected chi connectivity index (χ1v) is 6.53. The molecule has 0 atom stereocenters. The number of oxazole rings is 1. The molecule has 1 aromatic carbocycles. The fraction of sp³-hybridized carbons (Fsp3) is 0.500. The van der Waals surface area contributed by atoms with Crippen LogP contribution in [0.4, 0.5) is 0 Å². The van der Waals surface area contributed by atoms with Crippen LogP contribution in [0.25, 0.3) is 11.1 Å². The summed E-state index contributed by atoms with van der Waals surface area (Å²) in [5.74, 6) is -0.320. The second-order valence-electron chi connectivity index (χ2n) is 5.76. The van der Waals surface area contributed by atoms with E-state index in [9.17, 15) is 4.79 Å². The highest BCUT2D eigenvalue weighted by atomic mass is 16.4. The van der Waals surface area contributed by atoms with E-state index in [1.807, 2.05) is 18.2 Å². The van der Waals surface area contributed by atoms with Crippen molar-refractivity contribution in [3.05, 3.63) is 34.3 Å². The molecule has 0 unspecified atom stereocenters. The van der Waals surface area contributed by atoms with Crippen molar-refractivity contribution >= 4 is 11.1 Å². The number of aromatic nitrogens is 1. The van der Waals surface area contributed by atoms with E-state index >= 15 is 0 Å². The molecule has 2 N–H and O–H groups in total. The Morgan fingerprint density at radius 2 is 2.21 bits per heavy atom. The molecule has 0 saturated heterocycles. The minimum atomic E-state index is -0.320. The molecule has 5 nitrogen and oxygen atoms in total. The molecule has 3 rings (SSSR count). The first-order valence-electron chi connectivity index (χ1n) is 6.53. The van der Waals surface area contributed by atoms with Gasteiger partial charge in [0.15, 0.2) is 5.58 Å². The van der Waals surface area contributed by atoms with E-state index in [0.717, 1.165) is 37.0 Å². The summed E-state index contributed by atoms with van der Waals surface area (Å²) >= 11 is 0. The summed E-state index contributed by atoms with van der Waals surface area (Å²) in [6, 6.07) is 5.89. The first-order chi connectivity index (χ1) is 8.97. The van der Waals surface area contributed by atoms with Gasteiger partial charge in [0.2, 0.25) is 0 Å². The number of aryl methyl sites for hydroxylation is 1. The lowest BCUT2D eigenvalue weighted by atomic mass is 10.2. The number of rotatable bonds is 4. The van der Waals surface area contributed by atoms with Gasteiger partial charge in [-0.3, -0.25) is 4.57 Å². The fourth-order valence-corrected chi connectivity index (χ4v) is 2.50. The summed E-state index contributed by atoms with van der Waals surface area (Å²) in [6.07, 6.45) is 2.23. The summed E-state index contributed by atoms with van der Waals surface area (Å²) in [5.41, 5.74) is 8.74. The van der Waals surface area contributed by atoms with E-state index in [-0.39, 0.29) is 11.3 Å². The number of hydrogen-bond donors (Lipinski definition) is 1. The van der Waals surface area contributed by atoms with Crippen LogP contribution in [0.3, 0.4) is 0 Å². The first kappa shape index (κ1) is 12.4. The van der Waals surface area contributed by atoms with Gasteiger partial charge < -0.3 is 15.1 Å². The molecular formula is C14H19N3O2. The van der Waals surface area contributed by atoms with Crippen LogP contribution in [-0.2, 0) is 13.6 Å². The second kappa shape index (κ2) is 4.21. The van der Waals surface area contributed by atoms with Gasteiger partial charge in [-0.05, 0) is 37.6 Å². The van der Waals surface area contributed by atoms with Crippen LogP contribution in [0.5, 0.6) is 0 Å². The number of nitrogens with zero attached hydrogens (tertiary/aromatic N) is 2. The Bertz CT molecular complexity index is 667. The Morgan fingerprint density at radius 1 is 1.47 bits per heavy atom. The molecule has 1 heterocycles. The van der Waals surface area contributed by atoms with Crippen LogP contribution in [0.15, 0.2) is 27.4 Å². The predicted molar refractivity (Wildman–Crippen MR) is 73.9 cm³/mol. The monoisotopic (exact) mass is 261 g/mol. The SMILES string of the molecule is CN(Cc1ccc2c(c1)oc(=O)n2C)CC1(N)CC1. The van der Waals surface area contributed by atoms with Crippen molar-refractivity contribution in [1.82, 2.24) is 9.47 Å². The van der Waals surface area contributed by atoms with E-state index in [4.69, 9.17) is 10.2 Å². The van der Waals surface area contributed by atoms with E-state index in [1.165, 1.54) is 4.57 Å². The molecule has 1 aromatic heterocycles. The van der Waals surface area contributed by atoms with Gasteiger partial charge in [-0.15, -0.1) is 0 Å². The topological polar surface area (TPSA) is 64.4 Å². The average Bonchev–Trinajstić information content (AvgIpc) is 2.98. The summed E-state index contributed by atoms with van der Waals surface area (Å²) in [5, 5.41) is 0. The molecule has 0 amide bonds. The van der Waals surface area contributed by atoms with E-state index in [2.05, 4.69) is 11.9 Å². The lowest BCUT2D eigenvalue weighted by molar-refractivity contribution is 0.296. The van der Waals surface area contributed by atoms with Gasteiger partial charge in [-0.25, -0.2) is 4.79 Å². The van der Waals surface area contributed by atoms with Crippen molar-refractivity contribution < 1.29 is 4.42 Å². The Kier molecular flexibility index (Phi) is 2.76. The van der Waals surface area contributed by atoms with Crippen LogP contribution in [0, 0.1) is 0 Å². The maximum absolute atomic E-state index is 11.4.